The third-order valence-electron chi connectivity index (χ3n) is 4.71. The summed E-state index contributed by atoms with van der Waals surface area (Å²) in [6.07, 6.45) is -4.87. The fourth-order valence-electron chi connectivity index (χ4n) is 1.83. The summed E-state index contributed by atoms with van der Waals surface area (Å²) in [6, 6.07) is -0.506. The van der Waals surface area contributed by atoms with Gasteiger partial charge in [-0.05, 0) is 51.7 Å². The van der Waals surface area contributed by atoms with E-state index in [2.05, 4.69) is 38.6 Å². The minimum absolute atomic E-state index is 0.116. The number of rotatable bonds is 11. The molecule has 0 aromatic carbocycles. The van der Waals surface area contributed by atoms with E-state index in [1.807, 2.05) is 0 Å². The quantitative estimate of drug-likeness (QED) is 0.277. The maximum atomic E-state index is 12.5. The predicted molar refractivity (Wildman–Crippen MR) is 109 cm³/mol. The molecule has 0 bridgehead atoms. The van der Waals surface area contributed by atoms with E-state index in [9.17, 15) is 17.7 Å². The van der Waals surface area contributed by atoms with E-state index in [0.29, 0.717) is 26.2 Å². The number of hydrogen-bond donors (Lipinski definition) is 1. The van der Waals surface area contributed by atoms with E-state index in [0.717, 1.165) is 0 Å². The molecule has 0 saturated heterocycles. The summed E-state index contributed by atoms with van der Waals surface area (Å²) in [4.78, 5) is 0. The molecule has 1 N–H and O–H groups in total. The Kier molecular flexibility index (Phi) is 10.9. The Morgan fingerprint density at radius 3 is 1.96 bits per heavy atom. The second-order valence-electron chi connectivity index (χ2n) is 9.36. The Bertz CT molecular complexity index is 424. The van der Waals surface area contributed by atoms with Crippen molar-refractivity contribution in [2.24, 2.45) is 0 Å². The molecule has 9 heteroatoms. The number of nitrogens with one attached hydrogen (secondary N) is 1. The minimum atomic E-state index is -4.22. The Morgan fingerprint density at radius 1 is 0.963 bits per heavy atom. The van der Waals surface area contributed by atoms with Crippen molar-refractivity contribution >= 4 is 19.7 Å². The predicted octanol–water partition coefficient (Wildman–Crippen LogP) is 5.18. The molecule has 4 nitrogen and oxygen atoms in total. The van der Waals surface area contributed by atoms with Crippen LogP contribution in [0.25, 0.3) is 0 Å². The van der Waals surface area contributed by atoms with E-state index in [4.69, 9.17) is 9.16 Å². The monoisotopic (exact) mass is 433 g/mol. The zero-order chi connectivity index (χ0) is 21.5. The smallest absolute Gasteiger partial charge is 0.389 e. The highest BCUT2D eigenvalue weighted by molar-refractivity contribution is 7.90. The molecule has 1 unspecified atom stereocenters. The van der Waals surface area contributed by atoms with E-state index < -0.39 is 43.1 Å². The average Bonchev–Trinajstić information content (AvgIpc) is 2.44. The fourth-order valence-corrected chi connectivity index (χ4v) is 3.75. The molecular formula is C18H38F3NO3SSi. The molecule has 0 rings (SSSR count). The van der Waals surface area contributed by atoms with Gasteiger partial charge in [0.05, 0.1) is 19.3 Å². The summed E-state index contributed by atoms with van der Waals surface area (Å²) in [5.41, 5.74) is 0. The number of halogens is 3. The molecule has 0 aliphatic carbocycles. The van der Waals surface area contributed by atoms with E-state index in [1.54, 1.807) is 20.8 Å². The lowest BCUT2D eigenvalue weighted by Crippen LogP contribution is -2.45. The maximum Gasteiger partial charge on any atom is 0.389 e. The first kappa shape index (κ1) is 27.2. The normalized spacial score (nSPS) is 16.4. The fraction of sp³-hybridized carbons (Fsp3) is 1.00. The van der Waals surface area contributed by atoms with Gasteiger partial charge in [0.15, 0.2) is 8.32 Å². The second-order valence-corrected chi connectivity index (χ2v) is 16.2. The van der Waals surface area contributed by atoms with Gasteiger partial charge in [-0.2, -0.15) is 13.2 Å². The molecule has 0 heterocycles. The van der Waals surface area contributed by atoms with Crippen LogP contribution in [0.3, 0.4) is 0 Å². The van der Waals surface area contributed by atoms with Gasteiger partial charge in [-0.25, -0.2) is 0 Å². The van der Waals surface area contributed by atoms with Gasteiger partial charge in [0, 0.05) is 24.4 Å². The third kappa shape index (κ3) is 12.4. The molecule has 0 radical (unpaired) electrons. The zero-order valence-electron chi connectivity index (χ0n) is 18.1. The van der Waals surface area contributed by atoms with Crippen LogP contribution in [0.5, 0.6) is 0 Å². The van der Waals surface area contributed by atoms with Crippen LogP contribution in [-0.2, 0) is 20.5 Å². The highest BCUT2D eigenvalue weighted by atomic mass is 32.2. The molecule has 0 aliphatic heterocycles. The van der Waals surface area contributed by atoms with Gasteiger partial charge in [-0.1, -0.05) is 20.8 Å². The molecule has 0 aliphatic rings. The Labute approximate surface area is 167 Å². The van der Waals surface area contributed by atoms with Crippen molar-refractivity contribution in [3.8, 4) is 0 Å². The number of ether oxygens (including phenoxy) is 1. The van der Waals surface area contributed by atoms with Gasteiger partial charge >= 0.3 is 6.18 Å². The summed E-state index contributed by atoms with van der Waals surface area (Å²) in [5, 5.41) is 0.122. The first-order chi connectivity index (χ1) is 12.0. The zero-order valence-corrected chi connectivity index (χ0v) is 19.9. The van der Waals surface area contributed by atoms with E-state index in [-0.39, 0.29) is 11.5 Å². The van der Waals surface area contributed by atoms with Crippen LogP contribution in [0.1, 0.15) is 60.8 Å². The summed E-state index contributed by atoms with van der Waals surface area (Å²) in [7, 11) is -1.82. The molecule has 27 heavy (non-hydrogen) atoms. The van der Waals surface area contributed by atoms with Crippen molar-refractivity contribution in [1.82, 2.24) is 4.72 Å². The molecule has 0 amide bonds. The lowest BCUT2D eigenvalue weighted by molar-refractivity contribution is -0.136. The minimum Gasteiger partial charge on any atom is -0.598 e. The standard InChI is InChI=1S/C18H38F3NO3SSi/c1-16(2,3)26(23)22-15(9-11-18(19,20)21)10-12-24-13-14-25-27(7,8)17(4,5)6/h15,22H,9-14H2,1-8H3/t15-,26?/m0/s1. The highest BCUT2D eigenvalue weighted by Crippen LogP contribution is 2.36. The topological polar surface area (TPSA) is 53.5 Å². The summed E-state index contributed by atoms with van der Waals surface area (Å²) >= 11 is -1.42. The molecule has 2 atom stereocenters. The van der Waals surface area contributed by atoms with E-state index in [1.165, 1.54) is 0 Å². The van der Waals surface area contributed by atoms with Gasteiger partial charge in [-0.3, -0.25) is 0 Å². The molecular weight excluding hydrogens is 395 g/mol. The third-order valence-corrected chi connectivity index (χ3v) is 10.9. The number of hydrogen-bond acceptors (Lipinski definition) is 4. The summed E-state index contributed by atoms with van der Waals surface area (Å²) in [6.45, 7) is 17.3. The maximum absolute atomic E-state index is 12.5. The molecule has 0 saturated carbocycles. The second kappa shape index (κ2) is 10.8. The first-order valence-corrected chi connectivity index (χ1v) is 13.5. The number of alkyl halides is 3. The van der Waals surface area contributed by atoms with Crippen molar-refractivity contribution in [3.05, 3.63) is 0 Å². The largest absolute Gasteiger partial charge is 0.598 e. The Hall–Kier alpha value is 0.197. The van der Waals surface area contributed by atoms with E-state index >= 15 is 0 Å². The van der Waals surface area contributed by atoms with Crippen molar-refractivity contribution in [2.45, 2.75) is 95.9 Å². The SMILES string of the molecule is CC(C)(C)[S+]([O-])N[C@H](CCOCCO[Si](C)(C)C(C)(C)C)CCC(F)(F)F. The lowest BCUT2D eigenvalue weighted by atomic mass is 10.1. The lowest BCUT2D eigenvalue weighted by Gasteiger charge is -2.36. The van der Waals surface area contributed by atoms with Crippen LogP contribution >= 0.6 is 0 Å². The van der Waals surface area contributed by atoms with Crippen LogP contribution < -0.4 is 4.72 Å². The summed E-state index contributed by atoms with van der Waals surface area (Å²) < 4.78 is 63.7. The Balaban J connectivity index is 4.36. The van der Waals surface area contributed by atoms with Crippen LogP contribution in [0.15, 0.2) is 0 Å². The van der Waals surface area contributed by atoms with Crippen molar-refractivity contribution in [2.75, 3.05) is 19.8 Å². The first-order valence-electron chi connectivity index (χ1n) is 9.42. The average molecular weight is 434 g/mol. The van der Waals surface area contributed by atoms with Gasteiger partial charge in [0.1, 0.15) is 4.75 Å². The van der Waals surface area contributed by atoms with Gasteiger partial charge in [-0.15, -0.1) is 4.72 Å². The van der Waals surface area contributed by atoms with Crippen molar-refractivity contribution < 1.29 is 26.9 Å². The van der Waals surface area contributed by atoms with Crippen LogP contribution in [0, 0.1) is 0 Å². The van der Waals surface area contributed by atoms with Gasteiger partial charge < -0.3 is 13.7 Å². The van der Waals surface area contributed by atoms with Crippen molar-refractivity contribution in [1.29, 1.82) is 0 Å². The highest BCUT2D eigenvalue weighted by Gasteiger charge is 2.37. The van der Waals surface area contributed by atoms with Crippen LogP contribution in [0.4, 0.5) is 13.2 Å². The van der Waals surface area contributed by atoms with Crippen LogP contribution in [0.2, 0.25) is 18.1 Å². The summed E-state index contributed by atoms with van der Waals surface area (Å²) in [5.74, 6) is 0. The molecule has 0 spiro atoms. The molecule has 0 fully saturated rings. The molecule has 164 valence electrons. The molecule has 0 aromatic rings. The van der Waals surface area contributed by atoms with Gasteiger partial charge in [0.2, 0.25) is 0 Å². The van der Waals surface area contributed by atoms with Crippen molar-refractivity contribution in [3.63, 3.8) is 0 Å². The van der Waals surface area contributed by atoms with Gasteiger partial charge in [0.25, 0.3) is 0 Å². The Morgan fingerprint density at radius 2 is 1.52 bits per heavy atom. The molecule has 0 aromatic heterocycles. The van der Waals surface area contributed by atoms with Crippen LogP contribution in [-0.4, -0.2) is 49.7 Å².